The lowest BCUT2D eigenvalue weighted by Gasteiger charge is -2.30. The minimum Gasteiger partial charge on any atom is -0.351 e. The molecule has 1 atom stereocenters. The van der Waals surface area contributed by atoms with E-state index in [1.54, 1.807) is 31.2 Å². The van der Waals surface area contributed by atoms with Gasteiger partial charge >= 0.3 is 0 Å². The third kappa shape index (κ3) is 5.47. The molecule has 7 heteroatoms. The number of hydrogen-bond acceptors (Lipinski definition) is 3. The Hall–Kier alpha value is -1.53. The van der Waals surface area contributed by atoms with Gasteiger partial charge in [-0.3, -0.25) is 9.10 Å². The lowest BCUT2D eigenvalue weighted by atomic mass is 9.99. The van der Waals surface area contributed by atoms with Gasteiger partial charge in [0.1, 0.15) is 6.04 Å². The number of carbonyl (C=O) groups is 1. The van der Waals surface area contributed by atoms with Gasteiger partial charge < -0.3 is 5.32 Å². The minimum atomic E-state index is -3.63. The van der Waals surface area contributed by atoms with Gasteiger partial charge in [-0.25, -0.2) is 8.42 Å². The summed E-state index contributed by atoms with van der Waals surface area (Å²) < 4.78 is 25.8. The second-order valence-electron chi connectivity index (χ2n) is 6.29. The number of anilines is 1. The van der Waals surface area contributed by atoms with Crippen LogP contribution >= 0.6 is 11.6 Å². The zero-order valence-corrected chi connectivity index (χ0v) is 16.2. The molecule has 0 aliphatic heterocycles. The van der Waals surface area contributed by atoms with Gasteiger partial charge in [0, 0.05) is 11.6 Å². The predicted octanol–water partition coefficient (Wildman–Crippen LogP) is 3.50. The number of rotatable bonds is 7. The molecular formula is C18H25ClN2O3S. The molecule has 0 radical (unpaired) electrons. The van der Waals surface area contributed by atoms with E-state index in [2.05, 4.69) is 11.4 Å². The summed E-state index contributed by atoms with van der Waals surface area (Å²) in [6.45, 7) is 2.27. The molecule has 1 amide bonds. The van der Waals surface area contributed by atoms with Crippen molar-refractivity contribution in [3.63, 3.8) is 0 Å². The molecule has 1 aromatic rings. The van der Waals surface area contributed by atoms with Crippen molar-refractivity contribution < 1.29 is 13.2 Å². The first-order valence-electron chi connectivity index (χ1n) is 8.53. The first-order chi connectivity index (χ1) is 11.8. The fourth-order valence-electron chi connectivity index (χ4n) is 3.06. The lowest BCUT2D eigenvalue weighted by Crippen LogP contribution is -2.49. The van der Waals surface area contributed by atoms with Gasteiger partial charge in [-0.15, -0.1) is 0 Å². The van der Waals surface area contributed by atoms with Gasteiger partial charge in [-0.2, -0.15) is 0 Å². The van der Waals surface area contributed by atoms with Crippen LogP contribution < -0.4 is 9.62 Å². The topological polar surface area (TPSA) is 66.5 Å². The average Bonchev–Trinajstić information content (AvgIpc) is 2.57. The van der Waals surface area contributed by atoms with E-state index in [4.69, 9.17) is 11.6 Å². The number of nitrogens with one attached hydrogen (secondary N) is 1. The summed E-state index contributed by atoms with van der Waals surface area (Å²) in [6.07, 6.45) is 7.98. The van der Waals surface area contributed by atoms with Crippen molar-refractivity contribution in [2.24, 2.45) is 0 Å². The maximum absolute atomic E-state index is 12.7. The highest BCUT2D eigenvalue weighted by molar-refractivity contribution is 7.92. The molecule has 0 bridgehead atoms. The third-order valence-electron chi connectivity index (χ3n) is 4.27. The van der Waals surface area contributed by atoms with Gasteiger partial charge in [0.05, 0.1) is 11.9 Å². The molecule has 0 heterocycles. The molecule has 2 rings (SSSR count). The second-order valence-corrected chi connectivity index (χ2v) is 8.58. The Morgan fingerprint density at radius 2 is 2.12 bits per heavy atom. The highest BCUT2D eigenvalue weighted by Crippen LogP contribution is 2.25. The Labute approximate surface area is 155 Å². The Balaban J connectivity index is 2.21. The molecule has 0 spiro atoms. The summed E-state index contributed by atoms with van der Waals surface area (Å²) in [7, 11) is -3.63. The van der Waals surface area contributed by atoms with Gasteiger partial charge in [0.2, 0.25) is 15.9 Å². The molecule has 0 aromatic heterocycles. The molecule has 1 aliphatic rings. The molecule has 1 aromatic carbocycles. The minimum absolute atomic E-state index is 0.292. The third-order valence-corrected chi connectivity index (χ3v) is 5.68. The van der Waals surface area contributed by atoms with Crippen LogP contribution in [-0.4, -0.2) is 33.2 Å². The monoisotopic (exact) mass is 384 g/mol. The maximum Gasteiger partial charge on any atom is 0.244 e. The van der Waals surface area contributed by atoms with Crippen molar-refractivity contribution in [1.82, 2.24) is 5.32 Å². The molecule has 5 nitrogen and oxygen atoms in total. The number of hydrogen-bond donors (Lipinski definition) is 1. The van der Waals surface area contributed by atoms with Crippen LogP contribution in [0.3, 0.4) is 0 Å². The molecule has 1 unspecified atom stereocenters. The normalized spacial score (nSPS) is 16.0. The first kappa shape index (κ1) is 19.8. The summed E-state index contributed by atoms with van der Waals surface area (Å²) in [6, 6.07) is 5.74. The van der Waals surface area contributed by atoms with Crippen LogP contribution in [-0.2, 0) is 14.8 Å². The predicted molar refractivity (Wildman–Crippen MR) is 102 cm³/mol. The molecule has 1 N–H and O–H groups in total. The van der Waals surface area contributed by atoms with E-state index in [-0.39, 0.29) is 5.91 Å². The van der Waals surface area contributed by atoms with Gasteiger partial charge in [0.15, 0.2) is 0 Å². The standard InChI is InChI=1S/C18H25ClN2O3S/c1-3-17(18(22)20-13-14-8-5-4-6-9-14)21(25(2,23)24)16-11-7-10-15(19)12-16/h7-8,10-12,17H,3-6,9,13H2,1-2H3,(H,20,22). The van der Waals surface area contributed by atoms with E-state index in [0.29, 0.717) is 23.7 Å². The zero-order chi connectivity index (χ0) is 18.4. The highest BCUT2D eigenvalue weighted by atomic mass is 35.5. The smallest absolute Gasteiger partial charge is 0.244 e. The molecule has 1 aliphatic carbocycles. The quantitative estimate of drug-likeness (QED) is 0.731. The first-order valence-corrected chi connectivity index (χ1v) is 10.8. The average molecular weight is 385 g/mol. The van der Waals surface area contributed by atoms with E-state index in [1.807, 2.05) is 0 Å². The summed E-state index contributed by atoms with van der Waals surface area (Å²) in [5.74, 6) is -0.292. The zero-order valence-electron chi connectivity index (χ0n) is 14.7. The maximum atomic E-state index is 12.7. The van der Waals surface area contributed by atoms with Crippen molar-refractivity contribution in [2.45, 2.75) is 45.1 Å². The van der Waals surface area contributed by atoms with Crippen molar-refractivity contribution >= 4 is 33.2 Å². The van der Waals surface area contributed by atoms with E-state index in [0.717, 1.165) is 29.8 Å². The van der Waals surface area contributed by atoms with Crippen LogP contribution in [0.15, 0.2) is 35.9 Å². The van der Waals surface area contributed by atoms with Crippen LogP contribution in [0.25, 0.3) is 0 Å². The second kappa shape index (κ2) is 8.72. The molecule has 0 fully saturated rings. The van der Waals surface area contributed by atoms with Crippen LogP contribution in [0.4, 0.5) is 5.69 Å². The summed E-state index contributed by atoms with van der Waals surface area (Å²) in [4.78, 5) is 12.7. The van der Waals surface area contributed by atoms with Crippen molar-refractivity contribution in [3.05, 3.63) is 40.9 Å². The van der Waals surface area contributed by atoms with Crippen molar-refractivity contribution in [3.8, 4) is 0 Å². The fraction of sp³-hybridized carbons (Fsp3) is 0.500. The number of sulfonamides is 1. The lowest BCUT2D eigenvalue weighted by molar-refractivity contribution is -0.122. The van der Waals surface area contributed by atoms with Crippen LogP contribution in [0.2, 0.25) is 5.02 Å². The summed E-state index contributed by atoms with van der Waals surface area (Å²) in [5.41, 5.74) is 1.61. The molecule has 25 heavy (non-hydrogen) atoms. The summed E-state index contributed by atoms with van der Waals surface area (Å²) in [5, 5.41) is 3.32. The Morgan fingerprint density at radius 3 is 2.68 bits per heavy atom. The van der Waals surface area contributed by atoms with Gasteiger partial charge in [-0.1, -0.05) is 36.2 Å². The van der Waals surface area contributed by atoms with E-state index >= 15 is 0 Å². The molecule has 138 valence electrons. The molecule has 0 saturated heterocycles. The van der Waals surface area contributed by atoms with Crippen LogP contribution in [0.1, 0.15) is 39.0 Å². The Morgan fingerprint density at radius 1 is 1.36 bits per heavy atom. The van der Waals surface area contributed by atoms with E-state index < -0.39 is 16.1 Å². The largest absolute Gasteiger partial charge is 0.351 e. The molecular weight excluding hydrogens is 360 g/mol. The summed E-state index contributed by atoms with van der Waals surface area (Å²) >= 11 is 6.00. The number of carbonyl (C=O) groups excluding carboxylic acids is 1. The Bertz CT molecular complexity index is 746. The molecule has 0 saturated carbocycles. The highest BCUT2D eigenvalue weighted by Gasteiger charge is 2.31. The Kier molecular flexibility index (Phi) is 6.90. The number of amides is 1. The van der Waals surface area contributed by atoms with Crippen molar-refractivity contribution in [1.29, 1.82) is 0 Å². The number of allylic oxidation sites excluding steroid dienone is 1. The fourth-order valence-corrected chi connectivity index (χ4v) is 4.45. The van der Waals surface area contributed by atoms with Gasteiger partial charge in [-0.05, 0) is 50.3 Å². The SMILES string of the molecule is CCC(C(=O)NCC1=CCCCC1)N(c1cccc(Cl)c1)S(C)(=O)=O. The number of benzene rings is 1. The van der Waals surface area contributed by atoms with Gasteiger partial charge in [0.25, 0.3) is 0 Å². The number of nitrogens with zero attached hydrogens (tertiary/aromatic N) is 1. The van der Waals surface area contributed by atoms with E-state index in [9.17, 15) is 13.2 Å². The van der Waals surface area contributed by atoms with Crippen LogP contribution in [0, 0.1) is 0 Å². The van der Waals surface area contributed by atoms with E-state index in [1.165, 1.54) is 12.0 Å². The number of halogens is 1. The van der Waals surface area contributed by atoms with Crippen LogP contribution in [0.5, 0.6) is 0 Å². The van der Waals surface area contributed by atoms with Crippen molar-refractivity contribution in [2.75, 3.05) is 17.1 Å².